The van der Waals surface area contributed by atoms with Crippen molar-refractivity contribution in [3.05, 3.63) is 122 Å². The van der Waals surface area contributed by atoms with Gasteiger partial charge in [-0.25, -0.2) is 0 Å². The monoisotopic (exact) mass is 1150 g/mol. The number of carbonyl (C=O) groups is 3. The van der Waals surface area contributed by atoms with Gasteiger partial charge in [0.25, 0.3) is 0 Å². The first kappa shape index (κ1) is 78.8. The highest BCUT2D eigenvalue weighted by molar-refractivity contribution is 5.71. The lowest BCUT2D eigenvalue weighted by atomic mass is 10.1. The van der Waals surface area contributed by atoms with Crippen LogP contribution in [0.1, 0.15) is 329 Å². The fourth-order valence-electron chi connectivity index (χ4n) is 9.68. The molecule has 0 rings (SSSR count). The van der Waals surface area contributed by atoms with E-state index in [9.17, 15) is 14.4 Å². The quantitative estimate of drug-likeness (QED) is 0.0261. The zero-order valence-corrected chi connectivity index (χ0v) is 54.4. The van der Waals surface area contributed by atoms with Crippen molar-refractivity contribution in [2.24, 2.45) is 0 Å². The fraction of sp³-hybridized carbons (Fsp3) is 0.701. The molecule has 0 aliphatic rings. The van der Waals surface area contributed by atoms with Crippen molar-refractivity contribution < 1.29 is 28.6 Å². The van der Waals surface area contributed by atoms with Crippen LogP contribution in [0.5, 0.6) is 0 Å². The van der Waals surface area contributed by atoms with Crippen LogP contribution in [-0.4, -0.2) is 37.2 Å². The minimum Gasteiger partial charge on any atom is -0.462 e. The fourth-order valence-corrected chi connectivity index (χ4v) is 9.68. The number of unbranched alkanes of at least 4 members (excludes halogenated alkanes) is 32. The molecule has 0 aromatic heterocycles. The smallest absolute Gasteiger partial charge is 0.306 e. The van der Waals surface area contributed by atoms with E-state index < -0.39 is 6.10 Å². The normalized spacial score (nSPS) is 12.9. The van der Waals surface area contributed by atoms with Crippen molar-refractivity contribution in [2.75, 3.05) is 13.2 Å². The maximum absolute atomic E-state index is 13.0. The predicted octanol–water partition coefficient (Wildman–Crippen LogP) is 24.3. The van der Waals surface area contributed by atoms with Crippen molar-refractivity contribution in [2.45, 2.75) is 335 Å². The standard InChI is InChI=1S/C77H130O6/c1-4-7-10-13-16-19-22-25-28-31-33-35-36-37-38-39-40-42-43-46-49-52-55-58-61-64-67-70-76(79)82-73-74(72-81-75(78)69-66-63-60-57-54-51-48-45-30-27-24-21-18-15-12-9-6-3)83-77(80)71-68-65-62-59-56-53-50-47-44-41-34-32-29-26-23-20-17-14-11-8-5-2/h7,10,16,19,23,25-28,30,32-35,37-38,40,42,44,47,74H,4-6,8-9,11-15,17-18,20-22,24,29,31,36,39,41,43,45-46,48-73H2,1-3H3/b10-7-,19-16-,26-23-,28-25-,30-27-,34-32-,35-33-,38-37-,42-40-,47-44-. The third kappa shape index (κ3) is 68.5. The van der Waals surface area contributed by atoms with Crippen LogP contribution >= 0.6 is 0 Å². The molecule has 0 aliphatic carbocycles. The lowest BCUT2D eigenvalue weighted by Crippen LogP contribution is -2.30. The van der Waals surface area contributed by atoms with Crippen molar-refractivity contribution >= 4 is 17.9 Å². The van der Waals surface area contributed by atoms with Gasteiger partial charge < -0.3 is 14.2 Å². The molecule has 0 spiro atoms. The minimum atomic E-state index is -0.796. The molecule has 0 saturated heterocycles. The lowest BCUT2D eigenvalue weighted by Gasteiger charge is -2.18. The predicted molar refractivity (Wildman–Crippen MR) is 362 cm³/mol. The zero-order valence-electron chi connectivity index (χ0n) is 54.4. The van der Waals surface area contributed by atoms with Gasteiger partial charge in [-0.2, -0.15) is 0 Å². The third-order valence-electron chi connectivity index (χ3n) is 14.9. The lowest BCUT2D eigenvalue weighted by molar-refractivity contribution is -0.167. The van der Waals surface area contributed by atoms with E-state index in [1.807, 2.05) is 0 Å². The molecule has 474 valence electrons. The average Bonchev–Trinajstić information content (AvgIpc) is 3.49. The second-order valence-electron chi connectivity index (χ2n) is 23.1. The van der Waals surface area contributed by atoms with Crippen molar-refractivity contribution in [3.63, 3.8) is 0 Å². The van der Waals surface area contributed by atoms with Crippen LogP contribution in [0, 0.1) is 0 Å². The van der Waals surface area contributed by atoms with Gasteiger partial charge in [0, 0.05) is 19.3 Å². The number of carbonyl (C=O) groups excluding carboxylic acids is 3. The van der Waals surface area contributed by atoms with Gasteiger partial charge in [0.1, 0.15) is 13.2 Å². The van der Waals surface area contributed by atoms with E-state index >= 15 is 0 Å². The van der Waals surface area contributed by atoms with Gasteiger partial charge in [-0.3, -0.25) is 14.4 Å². The molecule has 0 aromatic rings. The van der Waals surface area contributed by atoms with E-state index in [1.165, 1.54) is 161 Å². The summed E-state index contributed by atoms with van der Waals surface area (Å²) in [6.45, 7) is 6.52. The van der Waals surface area contributed by atoms with E-state index in [0.29, 0.717) is 19.3 Å². The molecule has 0 fully saturated rings. The van der Waals surface area contributed by atoms with Crippen LogP contribution in [0.2, 0.25) is 0 Å². The summed E-state index contributed by atoms with van der Waals surface area (Å²) in [7, 11) is 0. The minimum absolute atomic E-state index is 0.0893. The van der Waals surface area contributed by atoms with E-state index in [4.69, 9.17) is 14.2 Å². The van der Waals surface area contributed by atoms with Gasteiger partial charge in [0.05, 0.1) is 0 Å². The van der Waals surface area contributed by atoms with Crippen molar-refractivity contribution in [1.82, 2.24) is 0 Å². The number of hydrogen-bond acceptors (Lipinski definition) is 6. The Hall–Kier alpha value is -4.19. The largest absolute Gasteiger partial charge is 0.462 e. The molecule has 0 heterocycles. The van der Waals surface area contributed by atoms with E-state index in [2.05, 4.69) is 142 Å². The first-order chi connectivity index (χ1) is 41.0. The first-order valence-electron chi connectivity index (χ1n) is 35.0. The Labute approximate surface area is 513 Å². The topological polar surface area (TPSA) is 78.9 Å². The maximum atomic E-state index is 13.0. The van der Waals surface area contributed by atoms with Gasteiger partial charge >= 0.3 is 17.9 Å². The van der Waals surface area contributed by atoms with E-state index in [0.717, 1.165) is 128 Å². The highest BCUT2D eigenvalue weighted by Gasteiger charge is 2.19. The summed E-state index contributed by atoms with van der Waals surface area (Å²) >= 11 is 0. The molecule has 0 amide bonds. The van der Waals surface area contributed by atoms with Crippen molar-refractivity contribution in [1.29, 1.82) is 0 Å². The van der Waals surface area contributed by atoms with Crippen LogP contribution in [0.3, 0.4) is 0 Å². The Morgan fingerprint density at radius 2 is 0.470 bits per heavy atom. The van der Waals surface area contributed by atoms with Gasteiger partial charge in [0.15, 0.2) is 6.10 Å². The molecule has 6 heteroatoms. The molecule has 0 aromatic carbocycles. The van der Waals surface area contributed by atoms with Crippen LogP contribution in [0.15, 0.2) is 122 Å². The van der Waals surface area contributed by atoms with Gasteiger partial charge in [0.2, 0.25) is 0 Å². The molecule has 0 N–H and O–H groups in total. The second-order valence-corrected chi connectivity index (χ2v) is 23.1. The summed E-state index contributed by atoms with van der Waals surface area (Å²) in [5.41, 5.74) is 0. The summed E-state index contributed by atoms with van der Waals surface area (Å²) < 4.78 is 17.0. The molecule has 0 saturated carbocycles. The third-order valence-corrected chi connectivity index (χ3v) is 14.9. The molecule has 1 atom stereocenters. The Morgan fingerprint density at radius 3 is 0.747 bits per heavy atom. The molecule has 0 aliphatic heterocycles. The Balaban J connectivity index is 4.42. The Kier molecular flexibility index (Phi) is 66.7. The molecule has 0 radical (unpaired) electrons. The highest BCUT2D eigenvalue weighted by Crippen LogP contribution is 2.16. The zero-order chi connectivity index (χ0) is 59.9. The number of ether oxygens (including phenoxy) is 3. The molecule has 6 nitrogen and oxygen atoms in total. The Morgan fingerprint density at radius 1 is 0.253 bits per heavy atom. The van der Waals surface area contributed by atoms with E-state index in [1.54, 1.807) is 0 Å². The van der Waals surface area contributed by atoms with Crippen LogP contribution in [0.25, 0.3) is 0 Å². The van der Waals surface area contributed by atoms with Gasteiger partial charge in [-0.15, -0.1) is 0 Å². The maximum Gasteiger partial charge on any atom is 0.306 e. The SMILES string of the molecule is CC/C=C\C/C=C\C/C=C\C/C=C\C/C=C\C/C=C\CCCCCCCCCCC(=O)OCC(COC(=O)CCCCCCCCC/C=C\CCCCCCCC)OC(=O)CCCCCCCC/C=C\C/C=C\C/C=C\CCCCCCC. The number of rotatable bonds is 63. The number of esters is 3. The summed E-state index contributed by atoms with van der Waals surface area (Å²) in [5.74, 6) is -0.904. The number of hydrogen-bond donors (Lipinski definition) is 0. The van der Waals surface area contributed by atoms with Gasteiger partial charge in [-0.05, 0) is 135 Å². The average molecular weight is 1150 g/mol. The summed E-state index contributed by atoms with van der Waals surface area (Å²) in [5, 5.41) is 0. The van der Waals surface area contributed by atoms with E-state index in [-0.39, 0.29) is 31.1 Å². The summed E-state index contributed by atoms with van der Waals surface area (Å²) in [6.07, 6.45) is 97.8. The molecule has 0 bridgehead atoms. The summed E-state index contributed by atoms with van der Waals surface area (Å²) in [6, 6.07) is 0. The first-order valence-corrected chi connectivity index (χ1v) is 35.0. The second kappa shape index (κ2) is 70.3. The van der Waals surface area contributed by atoms with Gasteiger partial charge in [-0.1, -0.05) is 296 Å². The molecule has 83 heavy (non-hydrogen) atoms. The van der Waals surface area contributed by atoms with Crippen LogP contribution in [-0.2, 0) is 28.6 Å². The van der Waals surface area contributed by atoms with Crippen LogP contribution in [0.4, 0.5) is 0 Å². The Bertz CT molecular complexity index is 1700. The van der Waals surface area contributed by atoms with Crippen molar-refractivity contribution in [3.8, 4) is 0 Å². The number of allylic oxidation sites excluding steroid dienone is 20. The molecular formula is C77H130O6. The highest BCUT2D eigenvalue weighted by atomic mass is 16.6. The molecular weight excluding hydrogens is 1020 g/mol. The molecule has 1 unspecified atom stereocenters. The summed E-state index contributed by atoms with van der Waals surface area (Å²) in [4.78, 5) is 38.5. The van der Waals surface area contributed by atoms with Crippen LogP contribution < -0.4 is 0 Å².